The van der Waals surface area contributed by atoms with Crippen molar-refractivity contribution in [1.82, 2.24) is 4.98 Å². The molecule has 1 aromatic heterocycles. The van der Waals surface area contributed by atoms with E-state index in [-0.39, 0.29) is 11.5 Å². The number of ketones is 1. The fourth-order valence-corrected chi connectivity index (χ4v) is 2.91. The quantitative estimate of drug-likeness (QED) is 0.554. The standard InChI is InChI=1S/C16H9NO3/c18-15-9-5-2-1-4-8(9)13-12-10(15)6-3-7-11(12)17-14(13)16(19)20/h1-7,17H,(H,19,20). The van der Waals surface area contributed by atoms with Gasteiger partial charge in [0.05, 0.1) is 0 Å². The second kappa shape index (κ2) is 3.57. The third-order valence-electron chi connectivity index (χ3n) is 3.72. The highest BCUT2D eigenvalue weighted by molar-refractivity contribution is 6.27. The Balaban J connectivity index is 2.28. The molecule has 4 nitrogen and oxygen atoms in total. The summed E-state index contributed by atoms with van der Waals surface area (Å²) in [6, 6.07) is 12.4. The summed E-state index contributed by atoms with van der Waals surface area (Å²) in [4.78, 5) is 26.9. The first kappa shape index (κ1) is 11.0. The molecule has 0 aliphatic heterocycles. The third kappa shape index (κ3) is 1.20. The van der Waals surface area contributed by atoms with E-state index in [0.717, 1.165) is 0 Å². The van der Waals surface area contributed by atoms with Gasteiger partial charge in [-0.05, 0) is 11.6 Å². The van der Waals surface area contributed by atoms with E-state index in [1.807, 2.05) is 6.07 Å². The highest BCUT2D eigenvalue weighted by Crippen LogP contribution is 2.41. The van der Waals surface area contributed by atoms with Crippen molar-refractivity contribution in [3.63, 3.8) is 0 Å². The number of carboxylic acids is 1. The van der Waals surface area contributed by atoms with Gasteiger partial charge in [-0.3, -0.25) is 4.79 Å². The predicted molar refractivity (Wildman–Crippen MR) is 74.1 cm³/mol. The van der Waals surface area contributed by atoms with Crippen LogP contribution in [0.3, 0.4) is 0 Å². The summed E-state index contributed by atoms with van der Waals surface area (Å²) in [7, 11) is 0. The number of fused-ring (bicyclic) bond motifs is 2. The molecule has 4 heteroatoms. The van der Waals surface area contributed by atoms with Gasteiger partial charge in [0, 0.05) is 27.6 Å². The second-order valence-electron chi connectivity index (χ2n) is 4.78. The Kier molecular flexibility index (Phi) is 1.96. The highest BCUT2D eigenvalue weighted by Gasteiger charge is 2.30. The predicted octanol–water partition coefficient (Wildman–Crippen LogP) is 3.08. The summed E-state index contributed by atoms with van der Waals surface area (Å²) in [6.07, 6.45) is 0. The molecular formula is C16H9NO3. The van der Waals surface area contributed by atoms with Crippen LogP contribution in [-0.2, 0) is 0 Å². The largest absolute Gasteiger partial charge is 0.477 e. The third-order valence-corrected chi connectivity index (χ3v) is 3.72. The molecule has 1 aliphatic carbocycles. The van der Waals surface area contributed by atoms with E-state index in [1.54, 1.807) is 36.4 Å². The number of carbonyl (C=O) groups excluding carboxylic acids is 1. The Bertz CT molecular complexity index is 905. The Morgan fingerprint density at radius 1 is 0.950 bits per heavy atom. The van der Waals surface area contributed by atoms with Gasteiger partial charge in [0.15, 0.2) is 5.78 Å². The number of nitrogens with one attached hydrogen (secondary N) is 1. The average Bonchev–Trinajstić information content (AvgIpc) is 2.85. The maximum Gasteiger partial charge on any atom is 0.352 e. The Hall–Kier alpha value is -2.88. The molecule has 0 atom stereocenters. The van der Waals surface area contributed by atoms with Gasteiger partial charge in [-0.1, -0.05) is 36.4 Å². The van der Waals surface area contributed by atoms with Gasteiger partial charge in [-0.2, -0.15) is 0 Å². The first-order chi connectivity index (χ1) is 9.68. The van der Waals surface area contributed by atoms with E-state index < -0.39 is 5.97 Å². The van der Waals surface area contributed by atoms with Crippen LogP contribution in [0.2, 0.25) is 0 Å². The minimum absolute atomic E-state index is 0.0605. The van der Waals surface area contributed by atoms with Gasteiger partial charge in [0.25, 0.3) is 0 Å². The van der Waals surface area contributed by atoms with Crippen molar-refractivity contribution < 1.29 is 14.7 Å². The minimum Gasteiger partial charge on any atom is -0.477 e. The topological polar surface area (TPSA) is 70.2 Å². The van der Waals surface area contributed by atoms with Crippen molar-refractivity contribution in [3.8, 4) is 11.1 Å². The first-order valence-electron chi connectivity index (χ1n) is 6.20. The zero-order valence-corrected chi connectivity index (χ0v) is 10.3. The maximum atomic E-state index is 12.5. The fraction of sp³-hybridized carbons (Fsp3) is 0. The summed E-state index contributed by atoms with van der Waals surface area (Å²) in [5.41, 5.74) is 3.21. The van der Waals surface area contributed by atoms with Gasteiger partial charge >= 0.3 is 5.97 Å². The van der Waals surface area contributed by atoms with Crippen LogP contribution in [0.1, 0.15) is 26.4 Å². The summed E-state index contributed by atoms with van der Waals surface area (Å²) >= 11 is 0. The number of H-pyrrole nitrogens is 1. The molecule has 2 N–H and O–H groups in total. The lowest BCUT2D eigenvalue weighted by Crippen LogP contribution is -2.10. The van der Waals surface area contributed by atoms with E-state index in [0.29, 0.717) is 33.2 Å². The minimum atomic E-state index is -1.02. The molecule has 2 aromatic carbocycles. The molecule has 0 spiro atoms. The number of benzene rings is 2. The summed E-state index contributed by atoms with van der Waals surface area (Å²) in [5.74, 6) is -1.08. The molecule has 4 rings (SSSR count). The van der Waals surface area contributed by atoms with Crippen molar-refractivity contribution in [3.05, 3.63) is 59.3 Å². The van der Waals surface area contributed by atoms with Gasteiger partial charge in [0.2, 0.25) is 0 Å². The number of hydrogen-bond acceptors (Lipinski definition) is 2. The summed E-state index contributed by atoms with van der Waals surface area (Å²) in [5, 5.41) is 10.1. The molecule has 96 valence electrons. The monoisotopic (exact) mass is 263 g/mol. The SMILES string of the molecule is O=C(O)c1[nH]c2cccc3c2c1-c1ccccc1C3=O. The normalized spacial score (nSPS) is 12.5. The van der Waals surface area contributed by atoms with Gasteiger partial charge < -0.3 is 10.1 Å². The Morgan fingerprint density at radius 2 is 1.65 bits per heavy atom. The number of aromatic carboxylic acids is 1. The van der Waals surface area contributed by atoms with Crippen LogP contribution in [0.15, 0.2) is 42.5 Å². The number of hydrogen-bond donors (Lipinski definition) is 2. The number of rotatable bonds is 1. The lowest BCUT2D eigenvalue weighted by atomic mass is 9.85. The van der Waals surface area contributed by atoms with Crippen molar-refractivity contribution >= 4 is 22.7 Å². The molecule has 0 fully saturated rings. The molecule has 0 amide bonds. The van der Waals surface area contributed by atoms with Crippen LogP contribution in [-0.4, -0.2) is 21.8 Å². The van der Waals surface area contributed by atoms with Gasteiger partial charge in [-0.15, -0.1) is 0 Å². The van der Waals surface area contributed by atoms with E-state index >= 15 is 0 Å². The van der Waals surface area contributed by atoms with Crippen molar-refractivity contribution in [2.45, 2.75) is 0 Å². The Morgan fingerprint density at radius 3 is 2.40 bits per heavy atom. The maximum absolute atomic E-state index is 12.5. The van der Waals surface area contributed by atoms with Gasteiger partial charge in [-0.25, -0.2) is 4.79 Å². The van der Waals surface area contributed by atoms with Crippen LogP contribution in [0.5, 0.6) is 0 Å². The van der Waals surface area contributed by atoms with E-state index in [1.165, 1.54) is 0 Å². The van der Waals surface area contributed by atoms with Crippen LogP contribution in [0, 0.1) is 0 Å². The van der Waals surface area contributed by atoms with Crippen LogP contribution in [0.25, 0.3) is 22.0 Å². The molecule has 0 saturated carbocycles. The van der Waals surface area contributed by atoms with Gasteiger partial charge in [0.1, 0.15) is 5.69 Å². The van der Waals surface area contributed by atoms with Crippen molar-refractivity contribution in [2.24, 2.45) is 0 Å². The molecule has 1 aliphatic rings. The molecule has 0 bridgehead atoms. The lowest BCUT2D eigenvalue weighted by molar-refractivity contribution is 0.0692. The fourth-order valence-electron chi connectivity index (χ4n) is 2.91. The number of aromatic amines is 1. The number of carboxylic acid groups (broad SMARTS) is 1. The molecule has 0 radical (unpaired) electrons. The van der Waals surface area contributed by atoms with E-state index in [2.05, 4.69) is 4.98 Å². The highest BCUT2D eigenvalue weighted by atomic mass is 16.4. The lowest BCUT2D eigenvalue weighted by Gasteiger charge is -2.16. The van der Waals surface area contributed by atoms with Crippen LogP contribution >= 0.6 is 0 Å². The van der Waals surface area contributed by atoms with Crippen molar-refractivity contribution in [2.75, 3.05) is 0 Å². The van der Waals surface area contributed by atoms with E-state index in [9.17, 15) is 14.7 Å². The molecule has 20 heavy (non-hydrogen) atoms. The summed E-state index contributed by atoms with van der Waals surface area (Å²) < 4.78 is 0. The zero-order chi connectivity index (χ0) is 13.9. The molecule has 3 aromatic rings. The number of carbonyl (C=O) groups is 2. The first-order valence-corrected chi connectivity index (χ1v) is 6.20. The molecule has 1 heterocycles. The van der Waals surface area contributed by atoms with E-state index in [4.69, 9.17) is 0 Å². The van der Waals surface area contributed by atoms with Crippen molar-refractivity contribution in [1.29, 1.82) is 0 Å². The molecule has 0 saturated heterocycles. The second-order valence-corrected chi connectivity index (χ2v) is 4.78. The zero-order valence-electron chi connectivity index (χ0n) is 10.3. The smallest absolute Gasteiger partial charge is 0.352 e. The molecule has 0 unspecified atom stereocenters. The van der Waals surface area contributed by atoms with Crippen LogP contribution < -0.4 is 0 Å². The molecular weight excluding hydrogens is 254 g/mol. The average molecular weight is 263 g/mol. The van der Waals surface area contributed by atoms with Crippen LogP contribution in [0.4, 0.5) is 0 Å². The Labute approximate surface area is 113 Å². The number of aromatic nitrogens is 1. The summed E-state index contributed by atoms with van der Waals surface area (Å²) in [6.45, 7) is 0.